The third-order valence-corrected chi connectivity index (χ3v) is 4.85. The Morgan fingerprint density at radius 2 is 1.86 bits per heavy atom. The fourth-order valence-electron chi connectivity index (χ4n) is 3.06. The van der Waals surface area contributed by atoms with Crippen molar-refractivity contribution < 1.29 is 9.90 Å². The molecule has 120 valence electrons. The van der Waals surface area contributed by atoms with Crippen LogP contribution in [-0.4, -0.2) is 41.6 Å². The van der Waals surface area contributed by atoms with E-state index in [0.717, 1.165) is 44.3 Å². The average Bonchev–Trinajstić information content (AvgIpc) is 3.32. The topological polar surface area (TPSA) is 52.6 Å². The van der Waals surface area contributed by atoms with E-state index >= 15 is 0 Å². The van der Waals surface area contributed by atoms with Gasteiger partial charge in [0.25, 0.3) is 0 Å². The molecular formula is C17H23ClN2O2. The molecular weight excluding hydrogens is 300 g/mol. The number of benzene rings is 1. The maximum absolute atomic E-state index is 11.8. The molecule has 1 aromatic rings. The lowest BCUT2D eigenvalue weighted by Gasteiger charge is -2.34. The van der Waals surface area contributed by atoms with E-state index in [4.69, 9.17) is 11.6 Å². The summed E-state index contributed by atoms with van der Waals surface area (Å²) in [6, 6.07) is 7.84. The van der Waals surface area contributed by atoms with Crippen LogP contribution in [0.4, 0.5) is 0 Å². The van der Waals surface area contributed by atoms with Gasteiger partial charge in [-0.2, -0.15) is 0 Å². The molecule has 0 spiro atoms. The molecule has 0 radical (unpaired) electrons. The number of aliphatic hydroxyl groups is 1. The van der Waals surface area contributed by atoms with Crippen molar-refractivity contribution in [2.45, 2.75) is 37.8 Å². The molecule has 22 heavy (non-hydrogen) atoms. The quantitative estimate of drug-likeness (QED) is 0.875. The van der Waals surface area contributed by atoms with Gasteiger partial charge in [-0.15, -0.1) is 0 Å². The highest BCUT2D eigenvalue weighted by Gasteiger charge is 2.28. The Morgan fingerprint density at radius 3 is 2.45 bits per heavy atom. The summed E-state index contributed by atoms with van der Waals surface area (Å²) in [7, 11) is 0. The van der Waals surface area contributed by atoms with Gasteiger partial charge in [0.05, 0.1) is 12.6 Å². The van der Waals surface area contributed by atoms with Crippen LogP contribution in [0.2, 0.25) is 5.02 Å². The molecule has 2 N–H and O–H groups in total. The number of carbonyl (C=O) groups excluding carboxylic acids is 1. The van der Waals surface area contributed by atoms with Gasteiger partial charge >= 0.3 is 0 Å². The minimum Gasteiger partial charge on any atom is -0.388 e. The molecule has 1 aromatic carbocycles. The number of hydrogen-bond acceptors (Lipinski definition) is 3. The van der Waals surface area contributed by atoms with Crippen LogP contribution in [0.25, 0.3) is 0 Å². The molecule has 1 saturated carbocycles. The maximum Gasteiger partial charge on any atom is 0.234 e. The van der Waals surface area contributed by atoms with Crippen LogP contribution in [0.1, 0.15) is 37.4 Å². The standard InChI is InChI=1S/C17H23ClN2O2/c18-14-3-1-12(2-4-14)17(22)13-7-9-20(10-8-13)11-16(21)19-15-5-6-15/h1-4,13,15,17,22H,5-11H2,(H,19,21). The summed E-state index contributed by atoms with van der Waals surface area (Å²) >= 11 is 5.88. The van der Waals surface area contributed by atoms with Crippen molar-refractivity contribution in [3.05, 3.63) is 34.9 Å². The van der Waals surface area contributed by atoms with E-state index < -0.39 is 6.10 Å². The van der Waals surface area contributed by atoms with Gasteiger partial charge in [-0.05, 0) is 62.4 Å². The summed E-state index contributed by atoms with van der Waals surface area (Å²) in [4.78, 5) is 14.0. The molecule has 1 aliphatic carbocycles. The normalized spacial score (nSPS) is 21.5. The first-order valence-electron chi connectivity index (χ1n) is 8.07. The van der Waals surface area contributed by atoms with E-state index in [1.54, 1.807) is 0 Å². The van der Waals surface area contributed by atoms with Crippen LogP contribution >= 0.6 is 11.6 Å². The van der Waals surface area contributed by atoms with Gasteiger partial charge < -0.3 is 10.4 Å². The zero-order valence-electron chi connectivity index (χ0n) is 12.7. The van der Waals surface area contributed by atoms with Gasteiger partial charge in [-0.1, -0.05) is 23.7 Å². The van der Waals surface area contributed by atoms with Gasteiger partial charge in [0, 0.05) is 11.1 Å². The Balaban J connectivity index is 1.46. The van der Waals surface area contributed by atoms with Crippen molar-refractivity contribution in [2.75, 3.05) is 19.6 Å². The van der Waals surface area contributed by atoms with Crippen molar-refractivity contribution in [1.82, 2.24) is 10.2 Å². The summed E-state index contributed by atoms with van der Waals surface area (Å²) < 4.78 is 0. The minimum absolute atomic E-state index is 0.138. The monoisotopic (exact) mass is 322 g/mol. The second-order valence-electron chi connectivity index (χ2n) is 6.45. The Bertz CT molecular complexity index is 508. The van der Waals surface area contributed by atoms with Crippen molar-refractivity contribution in [1.29, 1.82) is 0 Å². The molecule has 1 heterocycles. The minimum atomic E-state index is -0.445. The fourth-order valence-corrected chi connectivity index (χ4v) is 3.19. The number of carbonyl (C=O) groups is 1. The highest BCUT2D eigenvalue weighted by Crippen LogP contribution is 2.31. The second kappa shape index (κ2) is 6.99. The lowest BCUT2D eigenvalue weighted by molar-refractivity contribution is -0.122. The van der Waals surface area contributed by atoms with Crippen LogP contribution in [0, 0.1) is 5.92 Å². The van der Waals surface area contributed by atoms with Crippen molar-refractivity contribution in [2.24, 2.45) is 5.92 Å². The van der Waals surface area contributed by atoms with Crippen molar-refractivity contribution in [3.63, 3.8) is 0 Å². The number of aliphatic hydroxyl groups excluding tert-OH is 1. The summed E-state index contributed by atoms with van der Waals surface area (Å²) in [5, 5.41) is 14.2. The summed E-state index contributed by atoms with van der Waals surface area (Å²) in [6.45, 7) is 2.22. The summed E-state index contributed by atoms with van der Waals surface area (Å²) in [5.74, 6) is 0.392. The molecule has 3 rings (SSSR count). The van der Waals surface area contributed by atoms with E-state index in [-0.39, 0.29) is 11.8 Å². The number of likely N-dealkylation sites (tertiary alicyclic amines) is 1. The van der Waals surface area contributed by atoms with E-state index in [2.05, 4.69) is 10.2 Å². The van der Waals surface area contributed by atoms with Crippen LogP contribution in [0.15, 0.2) is 24.3 Å². The van der Waals surface area contributed by atoms with Crippen LogP contribution < -0.4 is 5.32 Å². The first kappa shape index (κ1) is 15.8. The number of rotatable bonds is 5. The molecule has 4 nitrogen and oxygen atoms in total. The molecule has 2 aliphatic rings. The Morgan fingerprint density at radius 1 is 1.23 bits per heavy atom. The first-order valence-corrected chi connectivity index (χ1v) is 8.45. The molecule has 1 atom stereocenters. The number of halogens is 1. The molecule has 2 fully saturated rings. The fraction of sp³-hybridized carbons (Fsp3) is 0.588. The third kappa shape index (κ3) is 4.22. The van der Waals surface area contributed by atoms with Gasteiger partial charge in [0.2, 0.25) is 5.91 Å². The molecule has 1 unspecified atom stereocenters. The average molecular weight is 323 g/mol. The number of piperidine rings is 1. The van der Waals surface area contributed by atoms with E-state index in [0.29, 0.717) is 17.6 Å². The van der Waals surface area contributed by atoms with Crippen LogP contribution in [0.5, 0.6) is 0 Å². The van der Waals surface area contributed by atoms with Crippen LogP contribution in [-0.2, 0) is 4.79 Å². The predicted molar refractivity (Wildman–Crippen MR) is 86.7 cm³/mol. The highest BCUT2D eigenvalue weighted by molar-refractivity contribution is 6.30. The zero-order valence-corrected chi connectivity index (χ0v) is 13.4. The Hall–Kier alpha value is -1.10. The number of nitrogens with one attached hydrogen (secondary N) is 1. The van der Waals surface area contributed by atoms with Gasteiger partial charge in [0.15, 0.2) is 0 Å². The largest absolute Gasteiger partial charge is 0.388 e. The molecule has 5 heteroatoms. The highest BCUT2D eigenvalue weighted by atomic mass is 35.5. The lowest BCUT2D eigenvalue weighted by Crippen LogP contribution is -2.42. The molecule has 1 saturated heterocycles. The predicted octanol–water partition coefficient (Wildman–Crippen LogP) is 2.36. The lowest BCUT2D eigenvalue weighted by atomic mass is 9.87. The van der Waals surface area contributed by atoms with Gasteiger partial charge in [-0.25, -0.2) is 0 Å². The molecule has 1 aliphatic heterocycles. The van der Waals surface area contributed by atoms with E-state index in [1.807, 2.05) is 24.3 Å². The summed E-state index contributed by atoms with van der Waals surface area (Å²) in [6.07, 6.45) is 3.64. The van der Waals surface area contributed by atoms with Crippen LogP contribution in [0.3, 0.4) is 0 Å². The smallest absolute Gasteiger partial charge is 0.234 e. The van der Waals surface area contributed by atoms with Gasteiger partial charge in [-0.3, -0.25) is 9.69 Å². The Kier molecular flexibility index (Phi) is 5.01. The van der Waals surface area contributed by atoms with E-state index in [9.17, 15) is 9.90 Å². The Labute approximate surface area is 136 Å². The molecule has 1 amide bonds. The third-order valence-electron chi connectivity index (χ3n) is 4.60. The number of nitrogens with zero attached hydrogens (tertiary/aromatic N) is 1. The molecule has 0 aromatic heterocycles. The first-order chi connectivity index (χ1) is 10.6. The van der Waals surface area contributed by atoms with E-state index in [1.165, 1.54) is 0 Å². The second-order valence-corrected chi connectivity index (χ2v) is 6.89. The van der Waals surface area contributed by atoms with Crippen molar-refractivity contribution >= 4 is 17.5 Å². The SMILES string of the molecule is O=C(CN1CCC(C(O)c2ccc(Cl)cc2)CC1)NC1CC1. The maximum atomic E-state index is 11.8. The summed E-state index contributed by atoms with van der Waals surface area (Å²) in [5.41, 5.74) is 0.925. The zero-order chi connectivity index (χ0) is 15.5. The van der Waals surface area contributed by atoms with Gasteiger partial charge in [0.1, 0.15) is 0 Å². The molecule has 0 bridgehead atoms. The van der Waals surface area contributed by atoms with Crippen molar-refractivity contribution in [3.8, 4) is 0 Å². The number of hydrogen-bond donors (Lipinski definition) is 2. The number of amides is 1.